The van der Waals surface area contributed by atoms with Gasteiger partial charge in [0.15, 0.2) is 0 Å². The first-order valence-electron chi connectivity index (χ1n) is 8.25. The average Bonchev–Trinajstić information content (AvgIpc) is 2.10. The number of aliphatic hydroxyl groups is 1. The molecular formula is C18H44N2OS. The minimum atomic E-state index is -0.883. The summed E-state index contributed by atoms with van der Waals surface area (Å²) in [5, 5.41) is 9.74. The van der Waals surface area contributed by atoms with Crippen LogP contribution in [0.1, 0.15) is 68.7 Å². The smallest absolute Gasteiger partial charge is 0.105 e. The van der Waals surface area contributed by atoms with Crippen molar-refractivity contribution in [1.82, 2.24) is 4.90 Å². The third-order valence-corrected chi connectivity index (χ3v) is 2.41. The van der Waals surface area contributed by atoms with Gasteiger partial charge < -0.3 is 15.7 Å². The number of nitrogens with two attached hydrogens (primary N) is 1. The largest absolute Gasteiger partial charge is 0.380 e. The first kappa shape index (κ1) is 27.1. The summed E-state index contributed by atoms with van der Waals surface area (Å²) in [6, 6.07) is 0. The lowest BCUT2D eigenvalue weighted by molar-refractivity contribution is 0.0737. The number of hydrogen-bond acceptors (Lipinski definition) is 4. The molecule has 0 rings (SSSR count). The highest BCUT2D eigenvalue weighted by molar-refractivity contribution is 7.81. The third kappa shape index (κ3) is 28.4. The van der Waals surface area contributed by atoms with Gasteiger partial charge in [-0.3, -0.25) is 0 Å². The molecule has 22 heavy (non-hydrogen) atoms. The molecule has 1 unspecified atom stereocenters. The molecule has 0 amide bonds. The summed E-state index contributed by atoms with van der Waals surface area (Å²) in [6.07, 6.45) is 0.692. The molecule has 138 valence electrons. The Kier molecular flexibility index (Phi) is 14.4. The second-order valence-corrected chi connectivity index (χ2v) is 9.99. The molecule has 0 radical (unpaired) electrons. The van der Waals surface area contributed by atoms with E-state index in [4.69, 9.17) is 0 Å². The van der Waals surface area contributed by atoms with Gasteiger partial charge in [0.05, 0.1) is 0 Å². The molecule has 3 nitrogen and oxygen atoms in total. The summed E-state index contributed by atoms with van der Waals surface area (Å²) < 4.78 is 0. The van der Waals surface area contributed by atoms with E-state index in [1.54, 1.807) is 6.92 Å². The fourth-order valence-electron chi connectivity index (χ4n) is 2.56. The number of rotatable bonds is 5. The lowest BCUT2D eigenvalue weighted by Crippen LogP contribution is -2.39. The highest BCUT2D eigenvalue weighted by Crippen LogP contribution is 2.31. The molecule has 4 heteroatoms. The summed E-state index contributed by atoms with van der Waals surface area (Å²) in [4.78, 5) is 1.45. The van der Waals surface area contributed by atoms with Gasteiger partial charge in [-0.25, -0.2) is 0 Å². The van der Waals surface area contributed by atoms with Gasteiger partial charge in [-0.05, 0) is 44.2 Å². The van der Waals surface area contributed by atoms with Gasteiger partial charge in [0.2, 0.25) is 0 Å². The van der Waals surface area contributed by atoms with Crippen LogP contribution in [0, 0.1) is 16.7 Å². The second kappa shape index (κ2) is 11.7. The monoisotopic (exact) mass is 336 g/mol. The molecule has 0 bridgehead atoms. The molecule has 0 aliphatic carbocycles. The minimum absolute atomic E-state index is 0.0747. The highest BCUT2D eigenvalue weighted by Gasteiger charge is 2.29. The zero-order valence-corrected chi connectivity index (χ0v) is 18.0. The highest BCUT2D eigenvalue weighted by atomic mass is 32.1. The minimum Gasteiger partial charge on any atom is -0.380 e. The predicted molar refractivity (Wildman–Crippen MR) is 106 cm³/mol. The van der Waals surface area contributed by atoms with Crippen molar-refractivity contribution in [1.29, 1.82) is 0 Å². The predicted octanol–water partition coefficient (Wildman–Crippen LogP) is 4.26. The molecule has 1 atom stereocenters. The van der Waals surface area contributed by atoms with Crippen LogP contribution in [0.3, 0.4) is 0 Å². The Morgan fingerprint density at radius 2 is 1.27 bits per heavy atom. The van der Waals surface area contributed by atoms with Gasteiger partial charge >= 0.3 is 0 Å². The summed E-state index contributed by atoms with van der Waals surface area (Å²) in [7, 11) is 3.64. The Morgan fingerprint density at radius 1 is 0.955 bits per heavy atom. The number of hydrogen-bond donors (Lipinski definition) is 3. The molecule has 0 aromatic heterocycles. The van der Waals surface area contributed by atoms with Crippen LogP contribution < -0.4 is 5.73 Å². The van der Waals surface area contributed by atoms with Gasteiger partial charge in [-0.15, -0.1) is 12.6 Å². The maximum Gasteiger partial charge on any atom is 0.105 e. The standard InChI is InChI=1S/C13H29NOS.C4H10.CH5N/c1-11(2,3)9-14(7)10-12(4,5)8-13(6,15)16;1-4(2)3;1-2/h15-16H,8-10H2,1-7H3;4H,1-3H3;2H2,1H3. The molecule has 3 N–H and O–H groups in total. The van der Waals surface area contributed by atoms with E-state index in [0.29, 0.717) is 11.8 Å². The van der Waals surface area contributed by atoms with Crippen molar-refractivity contribution in [3.63, 3.8) is 0 Å². The van der Waals surface area contributed by atoms with Gasteiger partial charge in [-0.1, -0.05) is 55.4 Å². The summed E-state index contributed by atoms with van der Waals surface area (Å²) in [5.74, 6) is 0.833. The van der Waals surface area contributed by atoms with E-state index in [-0.39, 0.29) is 5.41 Å². The van der Waals surface area contributed by atoms with E-state index in [2.05, 4.69) is 85.7 Å². The van der Waals surface area contributed by atoms with E-state index in [9.17, 15) is 5.11 Å². The van der Waals surface area contributed by atoms with Crippen LogP contribution in [0.5, 0.6) is 0 Å². The van der Waals surface area contributed by atoms with E-state index in [1.165, 1.54) is 7.05 Å². The van der Waals surface area contributed by atoms with Crippen LogP contribution in [0.15, 0.2) is 0 Å². The summed E-state index contributed by atoms with van der Waals surface area (Å²) in [6.45, 7) is 21.4. The van der Waals surface area contributed by atoms with Crippen molar-refractivity contribution in [2.45, 2.75) is 73.7 Å². The molecule has 0 aliphatic rings. The van der Waals surface area contributed by atoms with E-state index in [0.717, 1.165) is 19.0 Å². The Balaban J connectivity index is -0.000000516. The fourth-order valence-corrected chi connectivity index (χ4v) is 2.99. The Bertz CT molecular complexity index is 250. The van der Waals surface area contributed by atoms with Gasteiger partial charge in [-0.2, -0.15) is 0 Å². The van der Waals surface area contributed by atoms with Crippen molar-refractivity contribution in [3.05, 3.63) is 0 Å². The molecule has 0 aliphatic heterocycles. The van der Waals surface area contributed by atoms with Crippen molar-refractivity contribution < 1.29 is 5.11 Å². The Morgan fingerprint density at radius 3 is 1.50 bits per heavy atom. The lowest BCUT2D eigenvalue weighted by Gasteiger charge is -2.36. The Hall–Kier alpha value is 0.230. The van der Waals surface area contributed by atoms with E-state index in [1.807, 2.05) is 0 Å². The van der Waals surface area contributed by atoms with Crippen molar-refractivity contribution in [3.8, 4) is 0 Å². The fraction of sp³-hybridized carbons (Fsp3) is 1.00. The Labute approximate surface area is 146 Å². The van der Waals surface area contributed by atoms with Crippen LogP contribution >= 0.6 is 12.6 Å². The van der Waals surface area contributed by atoms with Crippen LogP contribution in [0.25, 0.3) is 0 Å². The molecule has 0 saturated heterocycles. The average molecular weight is 337 g/mol. The molecule has 0 saturated carbocycles. The zero-order valence-electron chi connectivity index (χ0n) is 17.1. The molecule has 0 aromatic carbocycles. The number of thiol groups is 1. The summed E-state index contributed by atoms with van der Waals surface area (Å²) >= 11 is 4.19. The van der Waals surface area contributed by atoms with Gasteiger partial charge in [0, 0.05) is 13.1 Å². The van der Waals surface area contributed by atoms with Crippen LogP contribution in [-0.4, -0.2) is 42.1 Å². The second-order valence-electron chi connectivity index (χ2n) is 9.02. The van der Waals surface area contributed by atoms with Crippen LogP contribution in [0.4, 0.5) is 0 Å². The zero-order chi connectivity index (χ0) is 18.8. The molecular weight excluding hydrogens is 292 g/mol. The molecule has 0 heterocycles. The van der Waals surface area contributed by atoms with Gasteiger partial charge in [0.25, 0.3) is 0 Å². The van der Waals surface area contributed by atoms with Crippen LogP contribution in [0.2, 0.25) is 0 Å². The molecule has 0 spiro atoms. The van der Waals surface area contributed by atoms with Crippen molar-refractivity contribution in [2.24, 2.45) is 22.5 Å². The molecule has 0 aromatic rings. The third-order valence-electron chi connectivity index (χ3n) is 2.26. The number of nitrogens with zero attached hydrogens (tertiary/aromatic N) is 1. The van der Waals surface area contributed by atoms with Crippen molar-refractivity contribution >= 4 is 12.6 Å². The van der Waals surface area contributed by atoms with Crippen molar-refractivity contribution in [2.75, 3.05) is 27.2 Å². The normalized spacial score (nSPS) is 14.7. The first-order valence-corrected chi connectivity index (χ1v) is 8.70. The topological polar surface area (TPSA) is 49.5 Å². The summed E-state index contributed by atoms with van der Waals surface area (Å²) in [5.41, 5.74) is 4.89. The van der Waals surface area contributed by atoms with E-state index < -0.39 is 4.93 Å². The maximum atomic E-state index is 9.74. The van der Waals surface area contributed by atoms with E-state index >= 15 is 0 Å². The first-order chi connectivity index (χ1) is 9.54. The quantitative estimate of drug-likeness (QED) is 0.519. The lowest BCUT2D eigenvalue weighted by atomic mass is 9.85. The SMILES string of the molecule is CC(C)C.CN.CN(CC(C)(C)C)CC(C)(C)CC(C)(O)S. The molecule has 0 fully saturated rings. The maximum absolute atomic E-state index is 9.74. The van der Waals surface area contributed by atoms with Crippen LogP contribution in [-0.2, 0) is 0 Å². The van der Waals surface area contributed by atoms with Gasteiger partial charge in [0.1, 0.15) is 4.93 Å².